The zero-order chi connectivity index (χ0) is 22.5. The molecule has 7 nitrogen and oxygen atoms in total. The fourth-order valence-electron chi connectivity index (χ4n) is 4.86. The number of ketones is 2. The average Bonchev–Trinajstić information content (AvgIpc) is 2.78. The van der Waals surface area contributed by atoms with E-state index in [2.05, 4.69) is 5.32 Å². The van der Waals surface area contributed by atoms with Gasteiger partial charge in [-0.2, -0.15) is 0 Å². The predicted molar refractivity (Wildman–Crippen MR) is 116 cm³/mol. The van der Waals surface area contributed by atoms with E-state index in [0.717, 1.165) is 25.7 Å². The Morgan fingerprint density at radius 1 is 1.06 bits per heavy atom. The second kappa shape index (κ2) is 10.2. The molecule has 0 aromatic carbocycles. The molecule has 1 saturated carbocycles. The molecule has 3 aliphatic rings. The topological polar surface area (TPSA) is 92.8 Å². The Bertz CT molecular complexity index is 797. The van der Waals surface area contributed by atoms with Gasteiger partial charge in [0.2, 0.25) is 17.6 Å². The third kappa shape index (κ3) is 5.25. The van der Waals surface area contributed by atoms with Gasteiger partial charge >= 0.3 is 0 Å². The van der Waals surface area contributed by atoms with Crippen molar-refractivity contribution >= 4 is 23.4 Å². The van der Waals surface area contributed by atoms with Crippen molar-refractivity contribution in [3.05, 3.63) is 23.0 Å². The van der Waals surface area contributed by atoms with E-state index in [-0.39, 0.29) is 59.0 Å². The van der Waals surface area contributed by atoms with E-state index in [4.69, 9.17) is 4.74 Å². The van der Waals surface area contributed by atoms with Crippen LogP contribution in [0.25, 0.3) is 0 Å². The van der Waals surface area contributed by atoms with E-state index >= 15 is 0 Å². The van der Waals surface area contributed by atoms with E-state index in [0.29, 0.717) is 31.5 Å². The van der Waals surface area contributed by atoms with Crippen molar-refractivity contribution in [1.82, 2.24) is 10.2 Å². The summed E-state index contributed by atoms with van der Waals surface area (Å²) in [6, 6.07) is 0. The van der Waals surface area contributed by atoms with Crippen LogP contribution in [0.1, 0.15) is 58.8 Å². The number of nitrogens with one attached hydrogen (secondary N) is 1. The quantitative estimate of drug-likeness (QED) is 0.654. The van der Waals surface area contributed by atoms with Crippen LogP contribution in [0.4, 0.5) is 0 Å². The molecule has 31 heavy (non-hydrogen) atoms. The lowest BCUT2D eigenvalue weighted by Crippen LogP contribution is -2.45. The number of carbonyl (C=O) groups excluding carboxylic acids is 4. The highest BCUT2D eigenvalue weighted by atomic mass is 16.5. The van der Waals surface area contributed by atoms with Gasteiger partial charge in [-0.3, -0.25) is 19.2 Å². The molecule has 0 aromatic rings. The molecule has 2 fully saturated rings. The maximum absolute atomic E-state index is 12.7. The molecule has 170 valence electrons. The summed E-state index contributed by atoms with van der Waals surface area (Å²) >= 11 is 0. The smallest absolute Gasteiger partial charge is 0.225 e. The second-order valence-corrected chi connectivity index (χ2v) is 9.12. The van der Waals surface area contributed by atoms with Gasteiger partial charge in [0.25, 0.3) is 0 Å². The first kappa shape index (κ1) is 23.2. The number of Topliss-reactive ketones (excluding diaryl/α,β-unsaturated/α-hetero) is 1. The van der Waals surface area contributed by atoms with Crippen LogP contribution >= 0.6 is 0 Å². The molecule has 1 N–H and O–H groups in total. The molecule has 2 aliphatic carbocycles. The Balaban J connectivity index is 1.51. The number of nitrogens with zero attached hydrogens (tertiary/aromatic N) is 1. The molecule has 1 heterocycles. The van der Waals surface area contributed by atoms with Crippen LogP contribution in [0, 0.1) is 17.8 Å². The zero-order valence-electron chi connectivity index (χ0n) is 18.9. The lowest BCUT2D eigenvalue weighted by Gasteiger charge is -2.34. The summed E-state index contributed by atoms with van der Waals surface area (Å²) < 4.78 is 5.20. The standard InChI is InChI=1S/C24H34N2O5/c1-15(2)20-19(27)13-18(21(28)22(20)31-3)14-25-23(29)16-9-11-26(12-10-16)24(30)17-7-5-4-6-8-17/h13,15-17H,4-12,14H2,1-3H3,(H,25,29). The van der Waals surface area contributed by atoms with Gasteiger partial charge in [-0.25, -0.2) is 0 Å². The maximum Gasteiger partial charge on any atom is 0.225 e. The van der Waals surface area contributed by atoms with Crippen molar-refractivity contribution in [1.29, 1.82) is 0 Å². The Hall–Kier alpha value is -2.44. The summed E-state index contributed by atoms with van der Waals surface area (Å²) in [5, 5.41) is 2.81. The minimum absolute atomic E-state index is 0.00284. The molecule has 0 atom stereocenters. The zero-order valence-corrected chi connectivity index (χ0v) is 18.9. The number of hydrogen-bond acceptors (Lipinski definition) is 5. The fourth-order valence-corrected chi connectivity index (χ4v) is 4.86. The molecule has 1 aliphatic heterocycles. The van der Waals surface area contributed by atoms with Gasteiger partial charge in [-0.05, 0) is 37.7 Å². The van der Waals surface area contributed by atoms with E-state index in [9.17, 15) is 19.2 Å². The number of methoxy groups -OCH3 is 1. The van der Waals surface area contributed by atoms with Gasteiger partial charge in [0, 0.05) is 42.6 Å². The van der Waals surface area contributed by atoms with Crippen LogP contribution < -0.4 is 5.32 Å². The van der Waals surface area contributed by atoms with Crippen LogP contribution in [0.2, 0.25) is 0 Å². The Labute approximate surface area is 184 Å². The number of piperidine rings is 1. The Morgan fingerprint density at radius 2 is 1.71 bits per heavy atom. The molecule has 0 aromatic heterocycles. The van der Waals surface area contributed by atoms with Crippen LogP contribution in [-0.2, 0) is 23.9 Å². The van der Waals surface area contributed by atoms with Crippen LogP contribution in [0.3, 0.4) is 0 Å². The monoisotopic (exact) mass is 430 g/mol. The number of likely N-dealkylation sites (tertiary alicyclic amines) is 1. The van der Waals surface area contributed by atoms with Crippen molar-refractivity contribution in [3.8, 4) is 0 Å². The first-order chi connectivity index (χ1) is 14.8. The van der Waals surface area contributed by atoms with E-state index < -0.39 is 0 Å². The van der Waals surface area contributed by atoms with Crippen LogP contribution in [0.15, 0.2) is 23.0 Å². The highest BCUT2D eigenvalue weighted by molar-refractivity contribution is 6.22. The number of ether oxygens (including phenoxy) is 1. The van der Waals surface area contributed by atoms with Gasteiger partial charge in [0.05, 0.1) is 7.11 Å². The molecular weight excluding hydrogens is 396 g/mol. The van der Waals surface area contributed by atoms with Gasteiger partial charge in [0.15, 0.2) is 11.5 Å². The summed E-state index contributed by atoms with van der Waals surface area (Å²) in [4.78, 5) is 52.4. The van der Waals surface area contributed by atoms with Crippen molar-refractivity contribution in [2.75, 3.05) is 26.7 Å². The van der Waals surface area contributed by atoms with E-state index in [1.165, 1.54) is 19.6 Å². The van der Waals surface area contributed by atoms with Gasteiger partial charge in [0.1, 0.15) is 0 Å². The second-order valence-electron chi connectivity index (χ2n) is 9.12. The highest BCUT2D eigenvalue weighted by Gasteiger charge is 2.33. The average molecular weight is 431 g/mol. The normalized spacial score (nSPS) is 21.4. The van der Waals surface area contributed by atoms with E-state index in [1.54, 1.807) is 0 Å². The fraction of sp³-hybridized carbons (Fsp3) is 0.667. The van der Waals surface area contributed by atoms with Crippen LogP contribution in [0.5, 0.6) is 0 Å². The summed E-state index contributed by atoms with van der Waals surface area (Å²) in [5.74, 6) is -0.571. The molecular formula is C24H34N2O5. The number of rotatable bonds is 6. The summed E-state index contributed by atoms with van der Waals surface area (Å²) in [6.07, 6.45) is 8.00. The molecule has 3 rings (SSSR count). The van der Waals surface area contributed by atoms with Gasteiger partial charge in [-0.1, -0.05) is 33.1 Å². The van der Waals surface area contributed by atoms with Gasteiger partial charge < -0.3 is 15.0 Å². The minimum Gasteiger partial charge on any atom is -0.492 e. The van der Waals surface area contributed by atoms with Crippen molar-refractivity contribution in [2.24, 2.45) is 17.8 Å². The Morgan fingerprint density at radius 3 is 2.29 bits per heavy atom. The predicted octanol–water partition coefficient (Wildman–Crippen LogP) is 2.56. The number of amides is 2. The van der Waals surface area contributed by atoms with Crippen LogP contribution in [-0.4, -0.2) is 55.0 Å². The molecule has 0 radical (unpaired) electrons. The molecule has 2 amide bonds. The molecule has 0 unspecified atom stereocenters. The maximum atomic E-state index is 12.7. The van der Waals surface area contributed by atoms with Crippen molar-refractivity contribution in [2.45, 2.75) is 58.8 Å². The minimum atomic E-state index is -0.348. The third-order valence-corrected chi connectivity index (χ3v) is 6.68. The molecule has 7 heteroatoms. The highest BCUT2D eigenvalue weighted by Crippen LogP contribution is 2.28. The third-order valence-electron chi connectivity index (χ3n) is 6.68. The summed E-state index contributed by atoms with van der Waals surface area (Å²) in [6.45, 7) is 4.88. The van der Waals surface area contributed by atoms with Crippen molar-refractivity contribution < 1.29 is 23.9 Å². The molecule has 0 bridgehead atoms. The first-order valence-corrected chi connectivity index (χ1v) is 11.5. The van der Waals surface area contributed by atoms with Gasteiger partial charge in [-0.15, -0.1) is 0 Å². The number of allylic oxidation sites excluding steroid dienone is 3. The largest absolute Gasteiger partial charge is 0.492 e. The molecule has 0 spiro atoms. The SMILES string of the molecule is COC1=C(C(C)C)C(=O)C=C(CNC(=O)C2CCN(C(=O)C3CCCCC3)CC2)C1=O. The summed E-state index contributed by atoms with van der Waals surface area (Å²) in [7, 11) is 1.38. The summed E-state index contributed by atoms with van der Waals surface area (Å²) in [5.41, 5.74) is 0.613. The first-order valence-electron chi connectivity index (χ1n) is 11.5. The lowest BCUT2D eigenvalue weighted by molar-refractivity contribution is -0.140. The molecule has 1 saturated heterocycles. The number of carbonyl (C=O) groups is 4. The lowest BCUT2D eigenvalue weighted by atomic mass is 9.87. The van der Waals surface area contributed by atoms with Crippen molar-refractivity contribution in [3.63, 3.8) is 0 Å². The Kier molecular flexibility index (Phi) is 7.68. The van der Waals surface area contributed by atoms with E-state index in [1.807, 2.05) is 18.7 Å². The number of hydrogen-bond donors (Lipinski definition) is 1.